The molecule has 0 bridgehead atoms. The van der Waals surface area contributed by atoms with Gasteiger partial charge in [0.05, 0.1) is 43.3 Å². The molecule has 2 aromatic carbocycles. The number of para-hydroxylation sites is 2. The van der Waals surface area contributed by atoms with Crippen LogP contribution in [0.5, 0.6) is 0 Å². The molecule has 0 aliphatic carbocycles. The largest absolute Gasteiger partial charge is 0.467 e. The number of hydrogen-bond donors (Lipinski definition) is 3. The highest BCUT2D eigenvalue weighted by Gasteiger charge is 2.15. The van der Waals surface area contributed by atoms with Crippen molar-refractivity contribution in [1.82, 2.24) is 5.32 Å². The Morgan fingerprint density at radius 3 is 2.30 bits per heavy atom. The van der Waals surface area contributed by atoms with Crippen LogP contribution >= 0.6 is 0 Å². The molecule has 0 radical (unpaired) electrons. The van der Waals surface area contributed by atoms with Crippen LogP contribution in [0.15, 0.2) is 71.3 Å². The summed E-state index contributed by atoms with van der Waals surface area (Å²) < 4.78 is 9.93. The van der Waals surface area contributed by atoms with Crippen LogP contribution < -0.4 is 16.0 Å². The van der Waals surface area contributed by atoms with Crippen molar-refractivity contribution in [1.29, 1.82) is 0 Å². The first-order valence-electron chi connectivity index (χ1n) is 9.19. The molecule has 0 atom stereocenters. The molecule has 2 amide bonds. The third-order valence-corrected chi connectivity index (χ3v) is 4.22. The summed E-state index contributed by atoms with van der Waals surface area (Å²) >= 11 is 0. The van der Waals surface area contributed by atoms with Crippen LogP contribution in [0.1, 0.15) is 26.5 Å². The molecule has 0 saturated heterocycles. The van der Waals surface area contributed by atoms with Crippen molar-refractivity contribution >= 4 is 29.2 Å². The maximum Gasteiger partial charge on any atom is 0.339 e. The van der Waals surface area contributed by atoms with Crippen LogP contribution in [0, 0.1) is 0 Å². The van der Waals surface area contributed by atoms with E-state index < -0.39 is 5.97 Å². The maximum absolute atomic E-state index is 12.5. The number of ether oxygens (including phenoxy) is 1. The number of benzene rings is 2. The van der Waals surface area contributed by atoms with Gasteiger partial charge in [0.25, 0.3) is 5.91 Å². The molecule has 0 fully saturated rings. The molecular formula is C22H21N3O5. The van der Waals surface area contributed by atoms with E-state index in [2.05, 4.69) is 16.0 Å². The van der Waals surface area contributed by atoms with E-state index >= 15 is 0 Å². The van der Waals surface area contributed by atoms with Gasteiger partial charge >= 0.3 is 5.97 Å². The fourth-order valence-electron chi connectivity index (χ4n) is 2.76. The predicted molar refractivity (Wildman–Crippen MR) is 111 cm³/mol. The molecule has 8 nitrogen and oxygen atoms in total. The van der Waals surface area contributed by atoms with E-state index in [4.69, 9.17) is 9.15 Å². The number of carbonyl (C=O) groups excluding carboxylic acids is 3. The summed E-state index contributed by atoms with van der Waals surface area (Å²) in [4.78, 5) is 36.7. The molecule has 30 heavy (non-hydrogen) atoms. The van der Waals surface area contributed by atoms with Crippen LogP contribution in [0.4, 0.5) is 11.4 Å². The van der Waals surface area contributed by atoms with Crippen molar-refractivity contribution in [2.24, 2.45) is 0 Å². The summed E-state index contributed by atoms with van der Waals surface area (Å²) in [6.45, 7) is 0.156. The van der Waals surface area contributed by atoms with Crippen LogP contribution in [0.25, 0.3) is 0 Å². The van der Waals surface area contributed by atoms with Crippen molar-refractivity contribution in [3.05, 3.63) is 83.8 Å². The van der Waals surface area contributed by atoms with Gasteiger partial charge in [0.2, 0.25) is 5.91 Å². The highest BCUT2D eigenvalue weighted by atomic mass is 16.5. The van der Waals surface area contributed by atoms with E-state index in [0.29, 0.717) is 22.7 Å². The monoisotopic (exact) mass is 407 g/mol. The van der Waals surface area contributed by atoms with Gasteiger partial charge in [-0.1, -0.05) is 24.3 Å². The lowest BCUT2D eigenvalue weighted by Gasteiger charge is -2.13. The number of furan rings is 1. The normalized spacial score (nSPS) is 10.2. The molecule has 0 aliphatic rings. The summed E-state index contributed by atoms with van der Waals surface area (Å²) in [5, 5.41) is 8.40. The zero-order chi connectivity index (χ0) is 21.3. The highest BCUT2D eigenvalue weighted by Crippen LogP contribution is 2.17. The summed E-state index contributed by atoms with van der Waals surface area (Å²) in [6, 6.07) is 16.9. The van der Waals surface area contributed by atoms with Crippen LogP contribution in [0.3, 0.4) is 0 Å². The van der Waals surface area contributed by atoms with E-state index in [1.807, 2.05) is 0 Å². The number of carbonyl (C=O) groups is 3. The number of methoxy groups -OCH3 is 1. The molecule has 0 aliphatic heterocycles. The highest BCUT2D eigenvalue weighted by molar-refractivity contribution is 6.03. The molecule has 0 unspecified atom stereocenters. The number of esters is 1. The average molecular weight is 407 g/mol. The summed E-state index contributed by atoms with van der Waals surface area (Å²) in [7, 11) is 1.27. The lowest BCUT2D eigenvalue weighted by Crippen LogP contribution is -2.26. The second-order valence-electron chi connectivity index (χ2n) is 6.25. The zero-order valence-corrected chi connectivity index (χ0v) is 16.3. The first-order valence-corrected chi connectivity index (χ1v) is 9.19. The average Bonchev–Trinajstić information content (AvgIpc) is 3.30. The third kappa shape index (κ3) is 5.26. The molecule has 1 heterocycles. The van der Waals surface area contributed by atoms with E-state index in [1.165, 1.54) is 13.4 Å². The molecule has 1 aromatic heterocycles. The Balaban J connectivity index is 1.62. The molecule has 3 aromatic rings. The Morgan fingerprint density at radius 2 is 1.60 bits per heavy atom. The smallest absolute Gasteiger partial charge is 0.339 e. The zero-order valence-electron chi connectivity index (χ0n) is 16.3. The summed E-state index contributed by atoms with van der Waals surface area (Å²) in [5.41, 5.74) is 1.50. The molecule has 3 N–H and O–H groups in total. The second kappa shape index (κ2) is 9.92. The van der Waals surface area contributed by atoms with Crippen molar-refractivity contribution in [2.45, 2.75) is 6.54 Å². The van der Waals surface area contributed by atoms with Crippen LogP contribution in [-0.4, -0.2) is 31.4 Å². The van der Waals surface area contributed by atoms with Gasteiger partial charge in [0, 0.05) is 5.69 Å². The van der Waals surface area contributed by atoms with Gasteiger partial charge in [-0.2, -0.15) is 0 Å². The van der Waals surface area contributed by atoms with Gasteiger partial charge in [-0.3, -0.25) is 9.59 Å². The molecular weight excluding hydrogens is 386 g/mol. The minimum absolute atomic E-state index is 0.0992. The molecule has 8 heteroatoms. The van der Waals surface area contributed by atoms with Gasteiger partial charge in [-0.25, -0.2) is 4.79 Å². The Morgan fingerprint density at radius 1 is 0.900 bits per heavy atom. The van der Waals surface area contributed by atoms with Crippen LogP contribution in [-0.2, 0) is 16.1 Å². The quantitative estimate of drug-likeness (QED) is 0.495. The van der Waals surface area contributed by atoms with Crippen molar-refractivity contribution in [3.8, 4) is 0 Å². The third-order valence-electron chi connectivity index (χ3n) is 4.22. The maximum atomic E-state index is 12.5. The minimum Gasteiger partial charge on any atom is -0.467 e. The van der Waals surface area contributed by atoms with Crippen molar-refractivity contribution in [3.63, 3.8) is 0 Å². The van der Waals surface area contributed by atoms with Gasteiger partial charge < -0.3 is 25.1 Å². The standard InChI is InChI=1S/C22H21N3O5/c1-29-22(28)17-9-3-5-11-19(17)25-20(26)14-23-18-10-4-2-8-16(18)21(27)24-13-15-7-6-12-30-15/h2-12,23H,13-14H2,1H3,(H,24,27)(H,25,26). The first-order chi connectivity index (χ1) is 14.6. The minimum atomic E-state index is -0.544. The first kappa shape index (κ1) is 20.7. The lowest BCUT2D eigenvalue weighted by atomic mass is 10.1. The summed E-state index contributed by atoms with van der Waals surface area (Å²) in [6.07, 6.45) is 1.54. The number of hydrogen-bond acceptors (Lipinski definition) is 6. The lowest BCUT2D eigenvalue weighted by molar-refractivity contribution is -0.114. The Bertz CT molecular complexity index is 1030. The van der Waals surface area contributed by atoms with E-state index in [9.17, 15) is 14.4 Å². The van der Waals surface area contributed by atoms with Crippen LogP contribution in [0.2, 0.25) is 0 Å². The topological polar surface area (TPSA) is 110 Å². The number of nitrogens with one attached hydrogen (secondary N) is 3. The second-order valence-corrected chi connectivity index (χ2v) is 6.25. The van der Waals surface area contributed by atoms with Gasteiger partial charge in [0.15, 0.2) is 0 Å². The van der Waals surface area contributed by atoms with E-state index in [-0.39, 0.29) is 30.5 Å². The Hall–Kier alpha value is -4.07. The molecule has 154 valence electrons. The molecule has 3 rings (SSSR count). The van der Waals surface area contributed by atoms with Crippen molar-refractivity contribution in [2.75, 3.05) is 24.3 Å². The van der Waals surface area contributed by atoms with Gasteiger partial charge in [0.1, 0.15) is 5.76 Å². The van der Waals surface area contributed by atoms with Gasteiger partial charge in [-0.15, -0.1) is 0 Å². The van der Waals surface area contributed by atoms with E-state index in [0.717, 1.165) is 0 Å². The fraction of sp³-hybridized carbons (Fsp3) is 0.136. The molecule has 0 spiro atoms. The fourth-order valence-corrected chi connectivity index (χ4v) is 2.76. The number of rotatable bonds is 8. The Labute approximate surface area is 173 Å². The summed E-state index contributed by atoms with van der Waals surface area (Å²) in [5.74, 6) is -0.585. The number of amides is 2. The van der Waals surface area contributed by atoms with Gasteiger partial charge in [-0.05, 0) is 36.4 Å². The van der Waals surface area contributed by atoms with Crippen molar-refractivity contribution < 1.29 is 23.5 Å². The molecule has 0 saturated carbocycles. The SMILES string of the molecule is COC(=O)c1ccccc1NC(=O)CNc1ccccc1C(=O)NCc1ccco1. The predicted octanol–water partition coefficient (Wildman–Crippen LogP) is 3.05. The van der Waals surface area contributed by atoms with E-state index in [1.54, 1.807) is 60.7 Å². The Kier molecular flexibility index (Phi) is 6.83. The number of anilines is 2.